The number of aryl methyl sites for hydroxylation is 1. The summed E-state index contributed by atoms with van der Waals surface area (Å²) in [5.74, 6) is 6.30. The van der Waals surface area contributed by atoms with Crippen LogP contribution in [-0.2, 0) is 20.1 Å². The number of benzene rings is 1. The minimum absolute atomic E-state index is 0.000727. The Bertz CT molecular complexity index is 1380. The number of piperidine rings is 1. The van der Waals surface area contributed by atoms with Gasteiger partial charge in [0.15, 0.2) is 11.2 Å². The molecule has 3 aromatic rings. The predicted octanol–water partition coefficient (Wildman–Crippen LogP) is 1.04. The number of imidazole rings is 1. The van der Waals surface area contributed by atoms with Crippen LogP contribution in [-0.4, -0.2) is 44.9 Å². The van der Waals surface area contributed by atoms with Gasteiger partial charge in [-0.2, -0.15) is 4.98 Å². The molecule has 174 valence electrons. The first-order valence-corrected chi connectivity index (χ1v) is 10.8. The van der Waals surface area contributed by atoms with Crippen molar-refractivity contribution < 1.29 is 9.13 Å². The summed E-state index contributed by atoms with van der Waals surface area (Å²) in [6, 6.07) is 4.21. The maximum atomic E-state index is 14.5. The summed E-state index contributed by atoms with van der Waals surface area (Å²) in [7, 11) is 3.02. The van der Waals surface area contributed by atoms with Crippen molar-refractivity contribution in [2.45, 2.75) is 38.9 Å². The molecule has 1 aliphatic heterocycles. The van der Waals surface area contributed by atoms with Crippen LogP contribution in [0.25, 0.3) is 11.2 Å². The van der Waals surface area contributed by atoms with Crippen molar-refractivity contribution >= 4 is 17.1 Å². The van der Waals surface area contributed by atoms with E-state index in [1.807, 2.05) is 4.90 Å². The Morgan fingerprint density at radius 1 is 1.30 bits per heavy atom. The second-order valence-electron chi connectivity index (χ2n) is 8.14. The maximum Gasteiger partial charge on any atom is 0.332 e. The Hall–Kier alpha value is -3.58. The highest BCUT2D eigenvalue weighted by molar-refractivity contribution is 5.75. The molecule has 0 saturated carbocycles. The Labute approximate surface area is 190 Å². The van der Waals surface area contributed by atoms with Crippen LogP contribution in [0.1, 0.15) is 25.3 Å². The number of fused-ring (bicyclic) bond motifs is 1. The number of anilines is 1. The minimum Gasteiger partial charge on any atom is -0.497 e. The van der Waals surface area contributed by atoms with Crippen LogP contribution in [0.15, 0.2) is 27.8 Å². The summed E-state index contributed by atoms with van der Waals surface area (Å²) < 4.78 is 23.7. The average molecular weight is 455 g/mol. The normalized spacial score (nSPS) is 16.0. The van der Waals surface area contributed by atoms with Gasteiger partial charge in [-0.3, -0.25) is 18.5 Å². The van der Waals surface area contributed by atoms with Gasteiger partial charge in [0.05, 0.1) is 20.2 Å². The SMILES string of the molecule is CC#CCn1c(N2CCCC(N)C2)nc2c1c(=O)n(Cc1cc(OC)ccc1F)c(=O)n2C. The molecule has 0 aliphatic carbocycles. The molecule has 33 heavy (non-hydrogen) atoms. The van der Waals surface area contributed by atoms with Crippen LogP contribution in [0.4, 0.5) is 10.3 Å². The second kappa shape index (κ2) is 9.11. The van der Waals surface area contributed by atoms with Crippen LogP contribution in [0, 0.1) is 17.7 Å². The fraction of sp³-hybridized carbons (Fsp3) is 0.435. The summed E-state index contributed by atoms with van der Waals surface area (Å²) in [5, 5.41) is 0. The minimum atomic E-state index is -0.581. The summed E-state index contributed by atoms with van der Waals surface area (Å²) in [6.07, 6.45) is 1.82. The molecule has 10 heteroatoms. The predicted molar refractivity (Wildman–Crippen MR) is 124 cm³/mol. The van der Waals surface area contributed by atoms with Crippen molar-refractivity contribution in [2.24, 2.45) is 12.8 Å². The third kappa shape index (κ3) is 4.12. The molecule has 1 aliphatic rings. The smallest absolute Gasteiger partial charge is 0.332 e. The van der Waals surface area contributed by atoms with E-state index >= 15 is 0 Å². The van der Waals surface area contributed by atoms with E-state index in [9.17, 15) is 14.0 Å². The van der Waals surface area contributed by atoms with Crippen molar-refractivity contribution in [3.63, 3.8) is 0 Å². The fourth-order valence-corrected chi connectivity index (χ4v) is 4.21. The van der Waals surface area contributed by atoms with Crippen molar-refractivity contribution in [3.05, 3.63) is 50.4 Å². The summed E-state index contributed by atoms with van der Waals surface area (Å²) in [4.78, 5) is 33.3. The van der Waals surface area contributed by atoms with E-state index in [2.05, 4.69) is 16.8 Å². The summed E-state index contributed by atoms with van der Waals surface area (Å²) in [5.41, 5.74) is 5.72. The molecule has 0 bridgehead atoms. The third-order valence-corrected chi connectivity index (χ3v) is 5.95. The lowest BCUT2D eigenvalue weighted by atomic mass is 10.1. The van der Waals surface area contributed by atoms with Crippen LogP contribution in [0.2, 0.25) is 0 Å². The number of aromatic nitrogens is 4. The van der Waals surface area contributed by atoms with E-state index in [4.69, 9.17) is 10.5 Å². The highest BCUT2D eigenvalue weighted by atomic mass is 19.1. The van der Waals surface area contributed by atoms with Crippen molar-refractivity contribution in [1.82, 2.24) is 18.7 Å². The molecule has 1 unspecified atom stereocenters. The van der Waals surface area contributed by atoms with E-state index in [0.29, 0.717) is 18.2 Å². The lowest BCUT2D eigenvalue weighted by molar-refractivity contribution is 0.412. The molecular weight excluding hydrogens is 427 g/mol. The van der Waals surface area contributed by atoms with E-state index in [1.165, 1.54) is 29.9 Å². The number of halogens is 1. The van der Waals surface area contributed by atoms with Gasteiger partial charge in [-0.15, -0.1) is 5.92 Å². The highest BCUT2D eigenvalue weighted by Crippen LogP contribution is 2.23. The molecular formula is C23H27FN6O3. The largest absolute Gasteiger partial charge is 0.497 e. The third-order valence-electron chi connectivity index (χ3n) is 5.95. The zero-order chi connectivity index (χ0) is 23.7. The van der Waals surface area contributed by atoms with Gasteiger partial charge in [0.2, 0.25) is 5.95 Å². The molecule has 4 rings (SSSR count). The number of rotatable bonds is 5. The maximum absolute atomic E-state index is 14.5. The molecule has 2 N–H and O–H groups in total. The molecule has 0 spiro atoms. The topological polar surface area (TPSA) is 100 Å². The van der Waals surface area contributed by atoms with Gasteiger partial charge in [-0.25, -0.2) is 9.18 Å². The molecule has 1 atom stereocenters. The van der Waals surface area contributed by atoms with Crippen molar-refractivity contribution in [3.8, 4) is 17.6 Å². The van der Waals surface area contributed by atoms with Crippen LogP contribution >= 0.6 is 0 Å². The summed E-state index contributed by atoms with van der Waals surface area (Å²) in [6.45, 7) is 3.05. The van der Waals surface area contributed by atoms with Gasteiger partial charge in [0, 0.05) is 31.7 Å². The zero-order valence-electron chi connectivity index (χ0n) is 19.0. The number of nitrogens with zero attached hydrogens (tertiary/aromatic N) is 5. The standard InChI is InChI=1S/C23H27FN6O3/c1-4-5-11-29-19-20(26-22(29)28-10-6-7-16(25)14-28)27(2)23(32)30(21(19)31)13-15-12-17(33-3)8-9-18(15)24/h8-9,12,16H,6-7,10-11,13-14,25H2,1-3H3. The molecule has 1 aromatic carbocycles. The Kier molecular flexibility index (Phi) is 6.24. The highest BCUT2D eigenvalue weighted by Gasteiger charge is 2.26. The molecule has 0 amide bonds. The first-order valence-electron chi connectivity index (χ1n) is 10.8. The number of hydrogen-bond donors (Lipinski definition) is 1. The monoisotopic (exact) mass is 454 g/mol. The van der Waals surface area contributed by atoms with E-state index in [1.54, 1.807) is 18.5 Å². The first-order chi connectivity index (χ1) is 15.8. The molecule has 1 fully saturated rings. The van der Waals surface area contributed by atoms with E-state index in [0.717, 1.165) is 24.0 Å². The van der Waals surface area contributed by atoms with Crippen LogP contribution in [0.3, 0.4) is 0 Å². The number of hydrogen-bond acceptors (Lipinski definition) is 6. The zero-order valence-corrected chi connectivity index (χ0v) is 19.0. The molecule has 1 saturated heterocycles. The Morgan fingerprint density at radius 2 is 2.09 bits per heavy atom. The first kappa shape index (κ1) is 22.6. The lowest BCUT2D eigenvalue weighted by Gasteiger charge is -2.31. The van der Waals surface area contributed by atoms with Gasteiger partial charge in [0.1, 0.15) is 11.6 Å². The number of methoxy groups -OCH3 is 1. The van der Waals surface area contributed by atoms with Gasteiger partial charge in [-0.1, -0.05) is 5.92 Å². The van der Waals surface area contributed by atoms with E-state index < -0.39 is 17.1 Å². The molecule has 3 heterocycles. The van der Waals surface area contributed by atoms with E-state index in [-0.39, 0.29) is 35.9 Å². The quantitative estimate of drug-likeness (QED) is 0.579. The van der Waals surface area contributed by atoms with Gasteiger partial charge in [0.25, 0.3) is 5.56 Å². The molecule has 2 aromatic heterocycles. The summed E-state index contributed by atoms with van der Waals surface area (Å²) >= 11 is 0. The lowest BCUT2D eigenvalue weighted by Crippen LogP contribution is -2.44. The van der Waals surface area contributed by atoms with Gasteiger partial charge >= 0.3 is 5.69 Å². The number of ether oxygens (including phenoxy) is 1. The van der Waals surface area contributed by atoms with Gasteiger partial charge < -0.3 is 15.4 Å². The molecule has 9 nitrogen and oxygen atoms in total. The second-order valence-corrected chi connectivity index (χ2v) is 8.14. The average Bonchev–Trinajstić information content (AvgIpc) is 3.20. The van der Waals surface area contributed by atoms with Crippen molar-refractivity contribution in [1.29, 1.82) is 0 Å². The van der Waals surface area contributed by atoms with Gasteiger partial charge in [-0.05, 0) is 38.0 Å². The fourth-order valence-electron chi connectivity index (χ4n) is 4.21. The Balaban J connectivity index is 1.92. The van der Waals surface area contributed by atoms with Crippen LogP contribution in [0.5, 0.6) is 5.75 Å². The van der Waals surface area contributed by atoms with Crippen molar-refractivity contribution in [2.75, 3.05) is 25.1 Å². The Morgan fingerprint density at radius 3 is 2.79 bits per heavy atom. The van der Waals surface area contributed by atoms with Crippen LogP contribution < -0.4 is 26.6 Å². The number of nitrogens with two attached hydrogens (primary N) is 1. The molecule has 0 radical (unpaired) electrons.